The maximum atomic E-state index is 10.3. The number of aliphatic hydroxyl groups is 2. The van der Waals surface area contributed by atoms with Gasteiger partial charge in [0.2, 0.25) is 5.95 Å². The van der Waals surface area contributed by atoms with Gasteiger partial charge in [-0.1, -0.05) is 32.0 Å². The molecular weight excluding hydrogens is 352 g/mol. The lowest BCUT2D eigenvalue weighted by Gasteiger charge is -2.31. The summed E-state index contributed by atoms with van der Waals surface area (Å²) in [6.45, 7) is 10.4. The van der Waals surface area contributed by atoms with Crippen molar-refractivity contribution in [3.05, 3.63) is 46.6 Å². The van der Waals surface area contributed by atoms with E-state index in [2.05, 4.69) is 47.2 Å². The van der Waals surface area contributed by atoms with Crippen LogP contribution in [0.1, 0.15) is 62.4 Å². The Labute approximate surface area is 167 Å². The number of hydrogen-bond acceptors (Lipinski definition) is 6. The number of nitrogens with zero attached hydrogens (tertiary/aromatic N) is 3. The van der Waals surface area contributed by atoms with Gasteiger partial charge in [-0.3, -0.25) is 0 Å². The van der Waals surface area contributed by atoms with Crippen LogP contribution >= 0.6 is 0 Å². The Balaban J connectivity index is 1.84. The zero-order valence-electron chi connectivity index (χ0n) is 17.4. The molecule has 152 valence electrons. The molecule has 1 aliphatic rings. The molecule has 0 fully saturated rings. The Morgan fingerprint density at radius 1 is 1.18 bits per heavy atom. The lowest BCUT2D eigenvalue weighted by molar-refractivity contribution is 0.0785. The first-order valence-electron chi connectivity index (χ1n) is 10.1. The Kier molecular flexibility index (Phi) is 6.20. The molecule has 0 amide bonds. The Bertz CT molecular complexity index is 815. The summed E-state index contributed by atoms with van der Waals surface area (Å²) in [5.74, 6) is 1.87. The number of fused-ring (bicyclic) bond motifs is 1. The first-order valence-corrected chi connectivity index (χ1v) is 10.1. The summed E-state index contributed by atoms with van der Waals surface area (Å²) in [7, 11) is 0. The van der Waals surface area contributed by atoms with E-state index < -0.39 is 5.60 Å². The molecule has 6 heteroatoms. The van der Waals surface area contributed by atoms with E-state index >= 15 is 0 Å². The van der Waals surface area contributed by atoms with E-state index in [0.717, 1.165) is 36.6 Å². The maximum absolute atomic E-state index is 10.3. The van der Waals surface area contributed by atoms with Gasteiger partial charge >= 0.3 is 0 Å². The molecule has 3 rings (SSSR count). The molecule has 1 aromatic carbocycles. The van der Waals surface area contributed by atoms with E-state index in [1.165, 1.54) is 11.1 Å². The molecule has 0 saturated carbocycles. The summed E-state index contributed by atoms with van der Waals surface area (Å²) >= 11 is 0. The van der Waals surface area contributed by atoms with Gasteiger partial charge in [-0.2, -0.15) is 4.98 Å². The molecule has 0 spiro atoms. The third-order valence-electron chi connectivity index (χ3n) is 5.19. The summed E-state index contributed by atoms with van der Waals surface area (Å²) in [4.78, 5) is 11.6. The van der Waals surface area contributed by atoms with Crippen molar-refractivity contribution in [1.29, 1.82) is 0 Å². The molecule has 0 radical (unpaired) electrons. The number of hydrogen-bond donors (Lipinski definition) is 3. The fourth-order valence-electron chi connectivity index (χ4n) is 3.40. The Morgan fingerprint density at radius 2 is 1.96 bits per heavy atom. The van der Waals surface area contributed by atoms with Crippen LogP contribution in [0.4, 0.5) is 11.8 Å². The molecule has 3 N–H and O–H groups in total. The second kappa shape index (κ2) is 8.45. The molecule has 1 aliphatic heterocycles. The minimum atomic E-state index is -0.819. The zero-order valence-corrected chi connectivity index (χ0v) is 17.4. The van der Waals surface area contributed by atoms with Gasteiger partial charge in [0.1, 0.15) is 5.82 Å². The van der Waals surface area contributed by atoms with Crippen LogP contribution in [0, 0.1) is 0 Å². The van der Waals surface area contributed by atoms with Crippen molar-refractivity contribution in [1.82, 2.24) is 9.97 Å². The Morgan fingerprint density at radius 3 is 2.64 bits per heavy atom. The van der Waals surface area contributed by atoms with Crippen LogP contribution in [0.3, 0.4) is 0 Å². The fraction of sp³-hybridized carbons (Fsp3) is 0.545. The molecular formula is C22H32N4O2. The number of rotatable bonds is 7. The van der Waals surface area contributed by atoms with E-state index in [-0.39, 0.29) is 6.61 Å². The lowest BCUT2D eigenvalue weighted by Crippen LogP contribution is -2.32. The summed E-state index contributed by atoms with van der Waals surface area (Å²) in [6, 6.07) is 8.36. The second-order valence-corrected chi connectivity index (χ2v) is 8.35. The highest BCUT2D eigenvalue weighted by atomic mass is 16.3. The van der Waals surface area contributed by atoms with Gasteiger partial charge in [0, 0.05) is 32.3 Å². The van der Waals surface area contributed by atoms with Gasteiger partial charge in [0.05, 0.1) is 11.3 Å². The zero-order chi connectivity index (χ0) is 20.3. The highest BCUT2D eigenvalue weighted by Gasteiger charge is 2.22. The van der Waals surface area contributed by atoms with Crippen LogP contribution in [-0.4, -0.2) is 39.9 Å². The molecule has 0 aliphatic carbocycles. The molecule has 28 heavy (non-hydrogen) atoms. The first kappa shape index (κ1) is 20.6. The smallest absolute Gasteiger partial charge is 0.224 e. The van der Waals surface area contributed by atoms with E-state index in [1.807, 2.05) is 19.9 Å². The van der Waals surface area contributed by atoms with Crippen LogP contribution in [0.15, 0.2) is 24.3 Å². The van der Waals surface area contributed by atoms with Crippen molar-refractivity contribution in [2.45, 2.75) is 58.6 Å². The number of anilines is 2. The minimum Gasteiger partial charge on any atom is -0.396 e. The molecule has 2 aromatic rings. The van der Waals surface area contributed by atoms with E-state index in [1.54, 1.807) is 0 Å². The molecule has 0 saturated heterocycles. The summed E-state index contributed by atoms with van der Waals surface area (Å²) in [6.07, 6.45) is 1.60. The third-order valence-corrected chi connectivity index (χ3v) is 5.19. The van der Waals surface area contributed by atoms with Gasteiger partial charge in [0.15, 0.2) is 0 Å². The van der Waals surface area contributed by atoms with E-state index in [9.17, 15) is 5.11 Å². The first-order chi connectivity index (χ1) is 13.3. The number of aromatic nitrogens is 2. The Hall–Kier alpha value is -2.18. The van der Waals surface area contributed by atoms with Crippen LogP contribution in [0.25, 0.3) is 0 Å². The third kappa shape index (κ3) is 4.80. The van der Waals surface area contributed by atoms with E-state index in [4.69, 9.17) is 10.1 Å². The summed E-state index contributed by atoms with van der Waals surface area (Å²) in [5.41, 5.74) is 3.73. The number of nitrogens with one attached hydrogen (secondary N) is 1. The molecule has 1 aromatic heterocycles. The fourth-order valence-corrected chi connectivity index (χ4v) is 3.40. The normalized spacial score (nSPS) is 14.3. The van der Waals surface area contributed by atoms with Gasteiger partial charge < -0.3 is 20.4 Å². The molecule has 6 nitrogen and oxygen atoms in total. The van der Waals surface area contributed by atoms with Gasteiger partial charge in [-0.25, -0.2) is 4.98 Å². The highest BCUT2D eigenvalue weighted by Crippen LogP contribution is 2.29. The minimum absolute atomic E-state index is 0.152. The number of benzene rings is 1. The molecule has 0 unspecified atom stereocenters. The monoisotopic (exact) mass is 384 g/mol. The van der Waals surface area contributed by atoms with Gasteiger partial charge in [-0.15, -0.1) is 0 Å². The lowest BCUT2D eigenvalue weighted by atomic mass is 9.91. The molecule has 0 atom stereocenters. The summed E-state index contributed by atoms with van der Waals surface area (Å²) < 4.78 is 0. The predicted octanol–water partition coefficient (Wildman–Crippen LogP) is 3.18. The molecule has 0 bridgehead atoms. The maximum Gasteiger partial charge on any atom is 0.224 e. The van der Waals surface area contributed by atoms with Crippen LogP contribution < -0.4 is 10.2 Å². The van der Waals surface area contributed by atoms with Crippen molar-refractivity contribution in [3.63, 3.8) is 0 Å². The van der Waals surface area contributed by atoms with Gasteiger partial charge in [0.25, 0.3) is 0 Å². The van der Waals surface area contributed by atoms with Crippen LogP contribution in [-0.2, 0) is 18.6 Å². The van der Waals surface area contributed by atoms with Crippen molar-refractivity contribution >= 4 is 11.8 Å². The highest BCUT2D eigenvalue weighted by molar-refractivity contribution is 5.49. The average molecular weight is 385 g/mol. The summed E-state index contributed by atoms with van der Waals surface area (Å²) in [5, 5.41) is 22.5. The van der Waals surface area contributed by atoms with Crippen molar-refractivity contribution in [3.8, 4) is 0 Å². The van der Waals surface area contributed by atoms with Crippen molar-refractivity contribution in [2.75, 3.05) is 29.9 Å². The molecule has 2 heterocycles. The SMILES string of the molecule is CC(C)c1cc(N2CCc3cc(C(C)(C)O)ccc3C2)nc(NCCCO)n1. The van der Waals surface area contributed by atoms with Crippen molar-refractivity contribution in [2.24, 2.45) is 0 Å². The van der Waals surface area contributed by atoms with Crippen LogP contribution in [0.2, 0.25) is 0 Å². The second-order valence-electron chi connectivity index (χ2n) is 8.35. The standard InChI is InChI=1S/C22H32N4O2/c1-15(2)19-13-20(25-21(24-19)23-9-5-11-27)26-10-8-16-12-18(22(3,4)28)7-6-17(16)14-26/h6-7,12-13,15,27-28H,5,8-11,14H2,1-4H3,(H,23,24,25). The van der Waals surface area contributed by atoms with E-state index in [0.29, 0.717) is 24.8 Å². The predicted molar refractivity (Wildman–Crippen MR) is 113 cm³/mol. The van der Waals surface area contributed by atoms with Gasteiger partial charge in [-0.05, 0) is 49.3 Å². The average Bonchev–Trinajstić information content (AvgIpc) is 2.66. The topological polar surface area (TPSA) is 81.5 Å². The van der Waals surface area contributed by atoms with Crippen LogP contribution in [0.5, 0.6) is 0 Å². The van der Waals surface area contributed by atoms with Crippen molar-refractivity contribution < 1.29 is 10.2 Å². The quantitative estimate of drug-likeness (QED) is 0.636. The number of aliphatic hydroxyl groups excluding tert-OH is 1. The largest absolute Gasteiger partial charge is 0.396 e.